The number of benzene rings is 2. The van der Waals surface area contributed by atoms with E-state index in [9.17, 15) is 9.59 Å². The standard InChI is InChI=1S/C25H33BrN2O2/c1-5-18(3)27-25(30)19(4)28(17-22-8-7-9-23(26)16-22)24(29)15-14-21-12-10-20(6-2)11-13-21/h7-13,16,18-19H,5-6,14-15,17H2,1-4H3,(H,27,30)/t18-,19-/m0/s1. The number of rotatable bonds is 10. The SMILES string of the molecule is CCc1ccc(CCC(=O)N(Cc2cccc(Br)c2)[C@@H](C)C(=O)N[C@@H](C)CC)cc1. The molecule has 0 unspecified atom stereocenters. The molecule has 0 saturated carbocycles. The summed E-state index contributed by atoms with van der Waals surface area (Å²) in [6.45, 7) is 8.35. The molecule has 0 aromatic heterocycles. The van der Waals surface area contributed by atoms with E-state index in [2.05, 4.69) is 52.4 Å². The van der Waals surface area contributed by atoms with E-state index in [4.69, 9.17) is 0 Å². The van der Waals surface area contributed by atoms with Gasteiger partial charge >= 0.3 is 0 Å². The van der Waals surface area contributed by atoms with Crippen LogP contribution >= 0.6 is 15.9 Å². The quantitative estimate of drug-likeness (QED) is 0.511. The van der Waals surface area contributed by atoms with Crippen LogP contribution in [0.5, 0.6) is 0 Å². The van der Waals surface area contributed by atoms with E-state index in [1.54, 1.807) is 4.90 Å². The summed E-state index contributed by atoms with van der Waals surface area (Å²) < 4.78 is 0.958. The minimum atomic E-state index is -0.534. The Hall–Kier alpha value is -2.14. The first-order valence-corrected chi connectivity index (χ1v) is 11.5. The summed E-state index contributed by atoms with van der Waals surface area (Å²) in [7, 11) is 0. The molecule has 0 aliphatic rings. The van der Waals surface area contributed by atoms with Gasteiger partial charge in [0, 0.05) is 23.5 Å². The van der Waals surface area contributed by atoms with Crippen molar-refractivity contribution in [2.45, 2.75) is 72.0 Å². The lowest BCUT2D eigenvalue weighted by Gasteiger charge is -2.30. The van der Waals surface area contributed by atoms with Gasteiger partial charge in [-0.3, -0.25) is 9.59 Å². The van der Waals surface area contributed by atoms with Crippen LogP contribution in [0.2, 0.25) is 0 Å². The Labute approximate surface area is 189 Å². The third-order valence-corrected chi connectivity index (χ3v) is 5.96. The molecule has 0 heterocycles. The van der Waals surface area contributed by atoms with Crippen molar-refractivity contribution in [3.8, 4) is 0 Å². The van der Waals surface area contributed by atoms with Crippen LogP contribution in [0.1, 0.15) is 57.2 Å². The Morgan fingerprint density at radius 2 is 1.67 bits per heavy atom. The maximum atomic E-state index is 13.2. The van der Waals surface area contributed by atoms with Crippen LogP contribution in [-0.2, 0) is 29.0 Å². The van der Waals surface area contributed by atoms with Crippen LogP contribution in [0.4, 0.5) is 0 Å². The summed E-state index contributed by atoms with van der Waals surface area (Å²) in [6.07, 6.45) is 2.90. The number of nitrogens with one attached hydrogen (secondary N) is 1. The molecule has 0 aliphatic heterocycles. The van der Waals surface area contributed by atoms with Gasteiger partial charge in [0.1, 0.15) is 6.04 Å². The molecule has 4 nitrogen and oxygen atoms in total. The summed E-state index contributed by atoms with van der Waals surface area (Å²) in [4.78, 5) is 27.6. The van der Waals surface area contributed by atoms with Crippen LogP contribution in [0.25, 0.3) is 0 Å². The highest BCUT2D eigenvalue weighted by Crippen LogP contribution is 2.17. The lowest BCUT2D eigenvalue weighted by molar-refractivity contribution is -0.140. The number of carbonyl (C=O) groups excluding carboxylic acids is 2. The van der Waals surface area contributed by atoms with Gasteiger partial charge < -0.3 is 10.2 Å². The van der Waals surface area contributed by atoms with Crippen LogP contribution in [0.15, 0.2) is 53.0 Å². The Balaban J connectivity index is 2.13. The summed E-state index contributed by atoms with van der Waals surface area (Å²) in [5.41, 5.74) is 3.42. The van der Waals surface area contributed by atoms with Gasteiger partial charge in [-0.15, -0.1) is 0 Å². The van der Waals surface area contributed by atoms with E-state index in [-0.39, 0.29) is 17.9 Å². The highest BCUT2D eigenvalue weighted by molar-refractivity contribution is 9.10. The Morgan fingerprint density at radius 1 is 1.00 bits per heavy atom. The topological polar surface area (TPSA) is 49.4 Å². The second kappa shape index (κ2) is 11.9. The van der Waals surface area contributed by atoms with Gasteiger partial charge in [0.2, 0.25) is 11.8 Å². The molecule has 0 aliphatic carbocycles. The zero-order valence-electron chi connectivity index (χ0n) is 18.5. The van der Waals surface area contributed by atoms with Crippen LogP contribution < -0.4 is 5.32 Å². The lowest BCUT2D eigenvalue weighted by atomic mass is 10.0. The van der Waals surface area contributed by atoms with Gasteiger partial charge in [0.05, 0.1) is 0 Å². The number of hydrogen-bond donors (Lipinski definition) is 1. The van der Waals surface area contributed by atoms with Crippen molar-refractivity contribution in [2.75, 3.05) is 0 Å². The molecule has 2 atom stereocenters. The largest absolute Gasteiger partial charge is 0.352 e. The van der Waals surface area contributed by atoms with Crippen molar-refractivity contribution in [1.82, 2.24) is 10.2 Å². The van der Waals surface area contributed by atoms with Crippen molar-refractivity contribution >= 4 is 27.7 Å². The molecule has 2 aromatic rings. The Kier molecular flexibility index (Phi) is 9.57. The smallest absolute Gasteiger partial charge is 0.242 e. The molecule has 0 saturated heterocycles. The highest BCUT2D eigenvalue weighted by atomic mass is 79.9. The molecule has 30 heavy (non-hydrogen) atoms. The van der Waals surface area contributed by atoms with Gasteiger partial charge in [-0.2, -0.15) is 0 Å². The highest BCUT2D eigenvalue weighted by Gasteiger charge is 2.26. The number of amides is 2. The average molecular weight is 473 g/mol. The van der Waals surface area contributed by atoms with Gasteiger partial charge in [-0.1, -0.05) is 66.2 Å². The zero-order valence-corrected chi connectivity index (χ0v) is 20.0. The molecule has 0 radical (unpaired) electrons. The fourth-order valence-corrected chi connectivity index (χ4v) is 3.66. The van der Waals surface area contributed by atoms with E-state index in [0.29, 0.717) is 19.4 Å². The van der Waals surface area contributed by atoms with Crippen molar-refractivity contribution in [3.05, 3.63) is 69.7 Å². The summed E-state index contributed by atoms with van der Waals surface area (Å²) in [6, 6.07) is 15.8. The molecule has 0 bridgehead atoms. The third-order valence-electron chi connectivity index (χ3n) is 5.47. The molecule has 5 heteroatoms. The maximum Gasteiger partial charge on any atom is 0.242 e. The first-order chi connectivity index (χ1) is 14.3. The lowest BCUT2D eigenvalue weighted by Crippen LogP contribution is -2.49. The molecule has 2 rings (SSSR count). The van der Waals surface area contributed by atoms with E-state index in [0.717, 1.165) is 28.4 Å². The molecular formula is C25H33BrN2O2. The minimum absolute atomic E-state index is 0.0126. The molecule has 0 fully saturated rings. The maximum absolute atomic E-state index is 13.2. The van der Waals surface area contributed by atoms with Crippen LogP contribution in [0.3, 0.4) is 0 Å². The molecular weight excluding hydrogens is 440 g/mol. The normalized spacial score (nSPS) is 12.8. The monoisotopic (exact) mass is 472 g/mol. The van der Waals surface area contributed by atoms with E-state index in [1.807, 2.05) is 45.0 Å². The minimum Gasteiger partial charge on any atom is -0.352 e. The summed E-state index contributed by atoms with van der Waals surface area (Å²) in [5.74, 6) is -0.124. The first kappa shape index (κ1) is 24.1. The van der Waals surface area contributed by atoms with E-state index < -0.39 is 6.04 Å². The number of halogens is 1. The van der Waals surface area contributed by atoms with Crippen LogP contribution in [0, 0.1) is 0 Å². The van der Waals surface area contributed by atoms with Crippen molar-refractivity contribution in [2.24, 2.45) is 0 Å². The fourth-order valence-electron chi connectivity index (χ4n) is 3.22. The predicted octanol–water partition coefficient (Wildman–Crippen LogP) is 5.28. The molecule has 0 spiro atoms. The second-order valence-electron chi connectivity index (χ2n) is 7.82. The summed E-state index contributed by atoms with van der Waals surface area (Å²) in [5, 5.41) is 3.01. The van der Waals surface area contributed by atoms with Crippen molar-refractivity contribution in [3.63, 3.8) is 0 Å². The number of carbonyl (C=O) groups is 2. The van der Waals surface area contributed by atoms with Gasteiger partial charge in [-0.05, 0) is 61.9 Å². The van der Waals surface area contributed by atoms with Crippen LogP contribution in [-0.4, -0.2) is 28.8 Å². The van der Waals surface area contributed by atoms with E-state index >= 15 is 0 Å². The Morgan fingerprint density at radius 3 is 2.27 bits per heavy atom. The fraction of sp³-hybridized carbons (Fsp3) is 0.440. The number of aryl methyl sites for hydroxylation is 2. The zero-order chi connectivity index (χ0) is 22.1. The summed E-state index contributed by atoms with van der Waals surface area (Å²) >= 11 is 3.49. The number of nitrogens with zero attached hydrogens (tertiary/aromatic N) is 1. The molecule has 1 N–H and O–H groups in total. The molecule has 2 amide bonds. The van der Waals surface area contributed by atoms with Gasteiger partial charge in [-0.25, -0.2) is 0 Å². The second-order valence-corrected chi connectivity index (χ2v) is 8.73. The average Bonchev–Trinajstić information content (AvgIpc) is 2.75. The van der Waals surface area contributed by atoms with Crippen molar-refractivity contribution < 1.29 is 9.59 Å². The molecule has 2 aromatic carbocycles. The third kappa shape index (κ3) is 7.28. The Bertz CT molecular complexity index is 835. The van der Waals surface area contributed by atoms with Gasteiger partial charge in [0.25, 0.3) is 0 Å². The first-order valence-electron chi connectivity index (χ1n) is 10.8. The number of hydrogen-bond acceptors (Lipinski definition) is 2. The molecule has 162 valence electrons. The predicted molar refractivity (Wildman–Crippen MR) is 126 cm³/mol. The van der Waals surface area contributed by atoms with E-state index in [1.165, 1.54) is 5.56 Å². The van der Waals surface area contributed by atoms with Gasteiger partial charge in [0.15, 0.2) is 0 Å². The van der Waals surface area contributed by atoms with Crippen molar-refractivity contribution in [1.29, 1.82) is 0 Å².